The molecule has 3 aromatic rings. The van der Waals surface area contributed by atoms with Crippen LogP contribution in [-0.4, -0.2) is 40.8 Å². The Morgan fingerprint density at radius 2 is 1.66 bits per heavy atom. The topological polar surface area (TPSA) is 59.5 Å². The number of ether oxygens (including phenoxy) is 1. The van der Waals surface area contributed by atoms with Crippen LogP contribution in [0.1, 0.15) is 38.4 Å². The summed E-state index contributed by atoms with van der Waals surface area (Å²) in [6.45, 7) is 2.98. The Kier molecular flexibility index (Phi) is 5.38. The Morgan fingerprint density at radius 3 is 2.41 bits per heavy atom. The average Bonchev–Trinajstić information content (AvgIpc) is 3.22. The van der Waals surface area contributed by atoms with Crippen LogP contribution in [0.2, 0.25) is 0 Å². The van der Waals surface area contributed by atoms with Crippen LogP contribution in [0.25, 0.3) is 0 Å². The van der Waals surface area contributed by atoms with Gasteiger partial charge in [0.25, 0.3) is 5.91 Å². The van der Waals surface area contributed by atoms with Crippen molar-refractivity contribution in [2.75, 3.05) is 13.1 Å². The van der Waals surface area contributed by atoms with Crippen LogP contribution < -0.4 is 4.74 Å². The third kappa shape index (κ3) is 4.19. The van der Waals surface area contributed by atoms with Gasteiger partial charge in [0.1, 0.15) is 6.10 Å². The summed E-state index contributed by atoms with van der Waals surface area (Å²) < 4.78 is 5.95. The van der Waals surface area contributed by atoms with Gasteiger partial charge in [-0.3, -0.25) is 9.59 Å². The molecule has 2 heterocycles. The summed E-state index contributed by atoms with van der Waals surface area (Å²) in [6, 6.07) is 21.7. The molecule has 0 radical (unpaired) electrons. The van der Waals surface area contributed by atoms with Crippen molar-refractivity contribution in [2.24, 2.45) is 0 Å². The van der Waals surface area contributed by atoms with Gasteiger partial charge in [0, 0.05) is 35.9 Å². The number of rotatable bonds is 5. The maximum Gasteiger partial charge on any atom is 0.254 e. The zero-order valence-electron chi connectivity index (χ0n) is 16.2. The molecule has 29 heavy (non-hydrogen) atoms. The van der Waals surface area contributed by atoms with Gasteiger partial charge < -0.3 is 9.64 Å². The minimum absolute atomic E-state index is 0.106. The number of pyridine rings is 1. The Hall–Kier alpha value is -3.47. The zero-order chi connectivity index (χ0) is 20.2. The van der Waals surface area contributed by atoms with Gasteiger partial charge in [0.05, 0.1) is 12.1 Å². The monoisotopic (exact) mass is 386 g/mol. The highest BCUT2D eigenvalue weighted by Crippen LogP contribution is 2.22. The molecule has 0 aliphatic carbocycles. The summed E-state index contributed by atoms with van der Waals surface area (Å²) in [5.41, 5.74) is 2.31. The maximum atomic E-state index is 13.2. The molecule has 0 spiro atoms. The Labute approximate surface area is 170 Å². The molecule has 2 aromatic carbocycles. The molecule has 0 bridgehead atoms. The SMILES string of the molecule is Cc1cccc(OC2CCN(C(=O)c3ccccc3C(=O)c3ccccc3)C2)n1. The van der Waals surface area contributed by atoms with Gasteiger partial charge in [-0.1, -0.05) is 54.6 Å². The molecule has 0 saturated carbocycles. The van der Waals surface area contributed by atoms with E-state index >= 15 is 0 Å². The number of amides is 1. The lowest BCUT2D eigenvalue weighted by molar-refractivity contribution is 0.0767. The van der Waals surface area contributed by atoms with E-state index in [4.69, 9.17) is 4.74 Å². The number of aromatic nitrogens is 1. The molecule has 1 aromatic heterocycles. The summed E-state index contributed by atoms with van der Waals surface area (Å²) in [5, 5.41) is 0. The number of nitrogens with zero attached hydrogens (tertiary/aromatic N) is 2. The minimum atomic E-state index is -0.148. The van der Waals surface area contributed by atoms with E-state index in [-0.39, 0.29) is 17.8 Å². The molecule has 1 saturated heterocycles. The second-order valence-corrected chi connectivity index (χ2v) is 7.14. The zero-order valence-corrected chi connectivity index (χ0v) is 16.2. The first-order chi connectivity index (χ1) is 14.1. The Balaban J connectivity index is 1.50. The third-order valence-electron chi connectivity index (χ3n) is 5.02. The van der Waals surface area contributed by atoms with Crippen molar-refractivity contribution in [1.82, 2.24) is 9.88 Å². The molecule has 1 aliphatic heterocycles. The molecule has 0 N–H and O–H groups in total. The summed E-state index contributed by atoms with van der Waals surface area (Å²) in [6.07, 6.45) is 0.626. The number of hydrogen-bond donors (Lipinski definition) is 0. The van der Waals surface area contributed by atoms with Crippen LogP contribution in [0, 0.1) is 6.92 Å². The first-order valence-electron chi connectivity index (χ1n) is 9.70. The third-order valence-corrected chi connectivity index (χ3v) is 5.02. The minimum Gasteiger partial charge on any atom is -0.472 e. The van der Waals surface area contributed by atoms with Crippen molar-refractivity contribution < 1.29 is 14.3 Å². The lowest BCUT2D eigenvalue weighted by atomic mass is 9.97. The molecule has 1 amide bonds. The number of ketones is 1. The van der Waals surface area contributed by atoms with Crippen molar-refractivity contribution in [2.45, 2.75) is 19.4 Å². The van der Waals surface area contributed by atoms with E-state index in [1.807, 2.05) is 43.3 Å². The maximum absolute atomic E-state index is 13.2. The predicted octanol–water partition coefficient (Wildman–Crippen LogP) is 3.91. The van der Waals surface area contributed by atoms with E-state index in [0.717, 1.165) is 12.1 Å². The van der Waals surface area contributed by atoms with Gasteiger partial charge in [-0.25, -0.2) is 4.98 Å². The number of carbonyl (C=O) groups excluding carboxylic acids is 2. The number of carbonyl (C=O) groups is 2. The summed E-state index contributed by atoms with van der Waals surface area (Å²) in [4.78, 5) is 32.2. The molecule has 1 aliphatic rings. The fourth-order valence-corrected chi connectivity index (χ4v) is 3.55. The summed E-state index contributed by atoms with van der Waals surface area (Å²) in [5.74, 6) is 0.280. The van der Waals surface area contributed by atoms with E-state index in [9.17, 15) is 9.59 Å². The molecular weight excluding hydrogens is 364 g/mol. The highest BCUT2D eigenvalue weighted by atomic mass is 16.5. The van der Waals surface area contributed by atoms with E-state index in [2.05, 4.69) is 4.98 Å². The van der Waals surface area contributed by atoms with E-state index < -0.39 is 0 Å². The van der Waals surface area contributed by atoms with Crippen molar-refractivity contribution in [1.29, 1.82) is 0 Å². The van der Waals surface area contributed by atoms with Gasteiger partial charge in [-0.15, -0.1) is 0 Å². The number of likely N-dealkylation sites (tertiary alicyclic amines) is 1. The molecule has 5 nitrogen and oxygen atoms in total. The van der Waals surface area contributed by atoms with Gasteiger partial charge in [0.2, 0.25) is 5.88 Å². The molecular formula is C24H22N2O3. The molecule has 146 valence electrons. The smallest absolute Gasteiger partial charge is 0.254 e. The fourth-order valence-electron chi connectivity index (χ4n) is 3.55. The Morgan fingerprint density at radius 1 is 0.931 bits per heavy atom. The Bertz CT molecular complexity index is 1030. The average molecular weight is 386 g/mol. The normalized spacial score (nSPS) is 15.9. The van der Waals surface area contributed by atoms with Crippen molar-refractivity contribution in [3.63, 3.8) is 0 Å². The fraction of sp³-hybridized carbons (Fsp3) is 0.208. The van der Waals surface area contributed by atoms with Gasteiger partial charge in [-0.05, 0) is 19.1 Å². The largest absolute Gasteiger partial charge is 0.472 e. The quantitative estimate of drug-likeness (QED) is 0.624. The van der Waals surface area contributed by atoms with Crippen LogP contribution in [0.4, 0.5) is 0 Å². The second kappa shape index (κ2) is 8.27. The summed E-state index contributed by atoms with van der Waals surface area (Å²) >= 11 is 0. The molecule has 1 fully saturated rings. The molecule has 1 atom stereocenters. The van der Waals surface area contributed by atoms with Crippen LogP contribution in [0.15, 0.2) is 72.8 Å². The van der Waals surface area contributed by atoms with Gasteiger partial charge in [-0.2, -0.15) is 0 Å². The van der Waals surface area contributed by atoms with Gasteiger partial charge >= 0.3 is 0 Å². The lowest BCUT2D eigenvalue weighted by Gasteiger charge is -2.18. The number of aryl methyl sites for hydroxylation is 1. The van der Waals surface area contributed by atoms with Gasteiger partial charge in [0.15, 0.2) is 5.78 Å². The second-order valence-electron chi connectivity index (χ2n) is 7.14. The molecule has 5 heteroatoms. The number of hydrogen-bond acceptors (Lipinski definition) is 4. The highest BCUT2D eigenvalue weighted by molar-refractivity contribution is 6.15. The predicted molar refractivity (Wildman–Crippen MR) is 110 cm³/mol. The lowest BCUT2D eigenvalue weighted by Crippen LogP contribution is -2.32. The number of benzene rings is 2. The highest BCUT2D eigenvalue weighted by Gasteiger charge is 2.30. The molecule has 1 unspecified atom stereocenters. The molecule has 4 rings (SSSR count). The van der Waals surface area contributed by atoms with Crippen LogP contribution in [0.5, 0.6) is 5.88 Å². The van der Waals surface area contributed by atoms with Crippen molar-refractivity contribution in [3.8, 4) is 5.88 Å². The van der Waals surface area contributed by atoms with Crippen molar-refractivity contribution in [3.05, 3.63) is 95.2 Å². The van der Waals surface area contributed by atoms with Crippen LogP contribution >= 0.6 is 0 Å². The van der Waals surface area contributed by atoms with Crippen LogP contribution in [-0.2, 0) is 0 Å². The summed E-state index contributed by atoms with van der Waals surface area (Å²) in [7, 11) is 0. The standard InChI is InChI=1S/C24H22N2O3/c1-17-8-7-13-22(25-17)29-19-14-15-26(16-19)24(28)21-12-6-5-11-20(21)23(27)18-9-3-2-4-10-18/h2-13,19H,14-16H2,1H3. The first kappa shape index (κ1) is 18.9. The van der Waals surface area contributed by atoms with E-state index in [1.165, 1.54) is 0 Å². The van der Waals surface area contributed by atoms with Crippen LogP contribution in [0.3, 0.4) is 0 Å². The van der Waals surface area contributed by atoms with Crippen molar-refractivity contribution >= 4 is 11.7 Å². The first-order valence-corrected chi connectivity index (χ1v) is 9.70. The van der Waals surface area contributed by atoms with E-state index in [0.29, 0.717) is 35.7 Å². The van der Waals surface area contributed by atoms with E-state index in [1.54, 1.807) is 41.3 Å².